The second kappa shape index (κ2) is 10.2. The molecule has 2 heterocycles. The van der Waals surface area contributed by atoms with Gasteiger partial charge in [-0.1, -0.05) is 12.1 Å². The number of carbonyl (C=O) groups is 1. The number of hydrogen-bond acceptors (Lipinski definition) is 5. The van der Waals surface area contributed by atoms with E-state index in [1.165, 1.54) is 6.42 Å². The summed E-state index contributed by atoms with van der Waals surface area (Å²) < 4.78 is 13.6. The van der Waals surface area contributed by atoms with E-state index < -0.39 is 0 Å². The number of carbonyl (C=O) groups excluding carboxylic acids is 1. The van der Waals surface area contributed by atoms with E-state index in [0.29, 0.717) is 36.2 Å². The first-order valence-electron chi connectivity index (χ1n) is 12.3. The summed E-state index contributed by atoms with van der Waals surface area (Å²) in [7, 11) is 0. The number of fused-ring (bicyclic) bond motifs is 1. The molecule has 2 aromatic heterocycles. The molecule has 4 aromatic rings. The number of oxazole rings is 1. The van der Waals surface area contributed by atoms with Crippen molar-refractivity contribution < 1.29 is 13.9 Å². The molecule has 0 atom stereocenters. The van der Waals surface area contributed by atoms with E-state index in [1.54, 1.807) is 12.5 Å². The number of amides is 2. The predicted molar refractivity (Wildman–Crippen MR) is 138 cm³/mol. The Morgan fingerprint density at radius 3 is 2.69 bits per heavy atom. The molecule has 0 spiro atoms. The van der Waals surface area contributed by atoms with Gasteiger partial charge in [0.25, 0.3) is 0 Å². The minimum absolute atomic E-state index is 0.0521. The number of rotatable bonds is 8. The van der Waals surface area contributed by atoms with Crippen LogP contribution in [-0.2, 0) is 6.42 Å². The Labute approximate surface area is 209 Å². The number of nitrogens with zero attached hydrogens (tertiary/aromatic N) is 3. The van der Waals surface area contributed by atoms with E-state index in [-0.39, 0.29) is 12.1 Å². The summed E-state index contributed by atoms with van der Waals surface area (Å²) in [6.07, 6.45) is 7.09. The van der Waals surface area contributed by atoms with Gasteiger partial charge in [-0.2, -0.15) is 5.26 Å². The van der Waals surface area contributed by atoms with Gasteiger partial charge in [0.1, 0.15) is 18.1 Å². The van der Waals surface area contributed by atoms with Gasteiger partial charge in [-0.25, -0.2) is 9.78 Å². The van der Waals surface area contributed by atoms with Gasteiger partial charge in [-0.3, -0.25) is 0 Å². The quantitative estimate of drug-likeness (QED) is 0.318. The van der Waals surface area contributed by atoms with Gasteiger partial charge in [0.15, 0.2) is 5.89 Å². The third-order valence-corrected chi connectivity index (χ3v) is 6.43. The molecule has 2 aromatic carbocycles. The zero-order valence-electron chi connectivity index (χ0n) is 20.5. The van der Waals surface area contributed by atoms with Crippen molar-refractivity contribution >= 4 is 22.6 Å². The molecule has 184 valence electrons. The van der Waals surface area contributed by atoms with Crippen LogP contribution in [0.1, 0.15) is 50.6 Å². The Bertz CT molecular complexity index is 1390. The lowest BCUT2D eigenvalue weighted by Crippen LogP contribution is -2.34. The van der Waals surface area contributed by atoms with E-state index in [2.05, 4.69) is 26.3 Å². The van der Waals surface area contributed by atoms with Crippen LogP contribution in [0.2, 0.25) is 0 Å². The third kappa shape index (κ3) is 4.78. The van der Waals surface area contributed by atoms with Crippen molar-refractivity contribution in [2.45, 2.75) is 51.6 Å². The fraction of sp³-hybridized carbons (Fsp3) is 0.321. The second-order valence-electron chi connectivity index (χ2n) is 9.32. The van der Waals surface area contributed by atoms with Crippen LogP contribution in [0, 0.1) is 11.3 Å². The predicted octanol–water partition coefficient (Wildman–Crippen LogP) is 6.04. The summed E-state index contributed by atoms with van der Waals surface area (Å²) in [5, 5.41) is 16.8. The second-order valence-corrected chi connectivity index (χ2v) is 9.32. The van der Waals surface area contributed by atoms with Crippen LogP contribution in [0.3, 0.4) is 0 Å². The normalized spacial score (nSPS) is 13.4. The molecule has 1 aliphatic carbocycles. The first-order chi connectivity index (χ1) is 17.5. The Hall–Kier alpha value is -4.25. The molecule has 2 amide bonds. The SMILES string of the molecule is CC(C)NC(=O)Nc1ccc(-c2c(C#N)c3ccc(OCCc4ncco4)cc3n2C2CCC2)cc1. The smallest absolute Gasteiger partial charge is 0.319 e. The van der Waals surface area contributed by atoms with Crippen molar-refractivity contribution in [3.63, 3.8) is 0 Å². The van der Waals surface area contributed by atoms with Crippen LogP contribution < -0.4 is 15.4 Å². The first-order valence-corrected chi connectivity index (χ1v) is 12.3. The van der Waals surface area contributed by atoms with Crippen LogP contribution in [0.4, 0.5) is 10.5 Å². The molecule has 2 N–H and O–H groups in total. The van der Waals surface area contributed by atoms with Crippen molar-refractivity contribution in [2.24, 2.45) is 0 Å². The van der Waals surface area contributed by atoms with Crippen LogP contribution >= 0.6 is 0 Å². The van der Waals surface area contributed by atoms with Crippen molar-refractivity contribution in [1.29, 1.82) is 5.26 Å². The van der Waals surface area contributed by atoms with Gasteiger partial charge in [0.2, 0.25) is 0 Å². The molecule has 36 heavy (non-hydrogen) atoms. The maximum atomic E-state index is 12.1. The first kappa shape index (κ1) is 23.5. The monoisotopic (exact) mass is 483 g/mol. The van der Waals surface area contributed by atoms with Gasteiger partial charge in [0, 0.05) is 29.2 Å². The average molecular weight is 484 g/mol. The Morgan fingerprint density at radius 2 is 2.06 bits per heavy atom. The van der Waals surface area contributed by atoms with Crippen LogP contribution in [0.5, 0.6) is 5.75 Å². The van der Waals surface area contributed by atoms with Crippen LogP contribution in [-0.4, -0.2) is 28.2 Å². The van der Waals surface area contributed by atoms with Crippen molar-refractivity contribution in [3.8, 4) is 23.1 Å². The molecule has 8 nitrogen and oxygen atoms in total. The van der Waals surface area contributed by atoms with Gasteiger partial charge < -0.3 is 24.4 Å². The van der Waals surface area contributed by atoms with Gasteiger partial charge >= 0.3 is 6.03 Å². The molecule has 0 saturated heterocycles. The number of ether oxygens (including phenoxy) is 1. The van der Waals surface area contributed by atoms with Crippen molar-refractivity contribution in [3.05, 3.63) is 66.4 Å². The number of anilines is 1. The highest BCUT2D eigenvalue weighted by molar-refractivity contribution is 5.96. The van der Waals surface area contributed by atoms with E-state index in [0.717, 1.165) is 40.8 Å². The Balaban J connectivity index is 1.47. The number of hydrogen-bond donors (Lipinski definition) is 2. The molecule has 0 aliphatic heterocycles. The number of aromatic nitrogens is 2. The van der Waals surface area contributed by atoms with Gasteiger partial charge in [-0.05, 0) is 62.9 Å². The summed E-state index contributed by atoms with van der Waals surface area (Å²) in [5.41, 5.74) is 4.20. The summed E-state index contributed by atoms with van der Waals surface area (Å²) >= 11 is 0. The molecule has 0 unspecified atom stereocenters. The van der Waals surface area contributed by atoms with Crippen molar-refractivity contribution in [2.75, 3.05) is 11.9 Å². The molecule has 8 heteroatoms. The minimum Gasteiger partial charge on any atom is -0.493 e. The molecular formula is C28H29N5O3. The fourth-order valence-corrected chi connectivity index (χ4v) is 4.57. The van der Waals surface area contributed by atoms with Crippen molar-refractivity contribution in [1.82, 2.24) is 14.9 Å². The number of urea groups is 1. The van der Waals surface area contributed by atoms with Gasteiger partial charge in [-0.15, -0.1) is 0 Å². The van der Waals surface area contributed by atoms with E-state index in [4.69, 9.17) is 9.15 Å². The third-order valence-electron chi connectivity index (χ3n) is 6.43. The highest BCUT2D eigenvalue weighted by Crippen LogP contribution is 2.43. The minimum atomic E-state index is -0.241. The largest absolute Gasteiger partial charge is 0.493 e. The highest BCUT2D eigenvalue weighted by atomic mass is 16.5. The lowest BCUT2D eigenvalue weighted by molar-refractivity contribution is 0.250. The molecule has 1 aliphatic rings. The lowest BCUT2D eigenvalue weighted by atomic mass is 9.92. The zero-order valence-corrected chi connectivity index (χ0v) is 20.5. The summed E-state index contributed by atoms with van der Waals surface area (Å²) in [5.74, 6) is 1.39. The Morgan fingerprint density at radius 1 is 1.25 bits per heavy atom. The van der Waals surface area contributed by atoms with E-state index >= 15 is 0 Å². The molecule has 1 fully saturated rings. The molecule has 5 rings (SSSR count). The maximum Gasteiger partial charge on any atom is 0.319 e. The molecule has 0 bridgehead atoms. The molecular weight excluding hydrogens is 454 g/mol. The average Bonchev–Trinajstić information content (AvgIpc) is 3.44. The topological polar surface area (TPSA) is 105 Å². The van der Waals surface area contributed by atoms with E-state index in [9.17, 15) is 10.1 Å². The number of nitrogens with one attached hydrogen (secondary N) is 2. The lowest BCUT2D eigenvalue weighted by Gasteiger charge is -2.30. The number of nitriles is 1. The maximum absolute atomic E-state index is 12.1. The molecule has 0 radical (unpaired) electrons. The van der Waals surface area contributed by atoms with Crippen LogP contribution in [0.15, 0.2) is 59.3 Å². The summed E-state index contributed by atoms with van der Waals surface area (Å²) in [6, 6.07) is 16.2. The van der Waals surface area contributed by atoms with Gasteiger partial charge in [0.05, 0.1) is 36.0 Å². The van der Waals surface area contributed by atoms with Crippen LogP contribution in [0.25, 0.3) is 22.2 Å². The molecule has 1 saturated carbocycles. The standard InChI is InChI=1S/C28H29N5O3/c1-18(2)31-28(34)32-20-8-6-19(7-9-20)27-24(17-29)23-11-10-22(35-14-12-26-30-13-15-36-26)16-25(23)33(27)21-4-3-5-21/h6-11,13,15-16,18,21H,3-5,12,14H2,1-2H3,(H2,31,32,34). The summed E-state index contributed by atoms with van der Waals surface area (Å²) in [4.78, 5) is 16.2. The number of benzene rings is 2. The Kier molecular flexibility index (Phi) is 6.63. The fourth-order valence-electron chi connectivity index (χ4n) is 4.57. The van der Waals surface area contributed by atoms with E-state index in [1.807, 2.05) is 56.3 Å². The zero-order chi connectivity index (χ0) is 25.1. The highest BCUT2D eigenvalue weighted by Gasteiger charge is 2.28. The summed E-state index contributed by atoms with van der Waals surface area (Å²) in [6.45, 7) is 4.28.